The highest BCUT2D eigenvalue weighted by molar-refractivity contribution is 6.30. The van der Waals surface area contributed by atoms with Crippen molar-refractivity contribution in [2.45, 2.75) is 298 Å². The maximum Gasteiger partial charge on any atom is 0.413 e. The van der Waals surface area contributed by atoms with E-state index >= 15 is 0 Å². The number of aromatic nitrogens is 2. The summed E-state index contributed by atoms with van der Waals surface area (Å²) in [5.74, 6) is -1.05. The number of rotatable bonds is 52. The van der Waals surface area contributed by atoms with Crippen molar-refractivity contribution in [2.75, 3.05) is 77.8 Å². The van der Waals surface area contributed by atoms with Gasteiger partial charge in [0.15, 0.2) is 16.7 Å². The highest BCUT2D eigenvalue weighted by Gasteiger charge is 2.30. The van der Waals surface area contributed by atoms with Gasteiger partial charge in [0.05, 0.1) is 11.5 Å². The van der Waals surface area contributed by atoms with Gasteiger partial charge in [0, 0.05) is 52.4 Å². The zero-order valence-electron chi connectivity index (χ0n) is 75.2. The monoisotopic (exact) mass is 1730 g/mol. The van der Waals surface area contributed by atoms with Crippen molar-refractivity contribution in [1.29, 1.82) is 0 Å². The number of nitrogens with two attached hydrogens (primary N) is 1. The Kier molecular flexibility index (Phi) is 47.2. The van der Waals surface area contributed by atoms with E-state index in [1.807, 2.05) is 24.3 Å². The van der Waals surface area contributed by atoms with Crippen LogP contribution in [0.15, 0.2) is 61.5 Å². The molecule has 0 saturated carbocycles. The zero-order valence-corrected chi connectivity index (χ0v) is 75.9. The highest BCUT2D eigenvalue weighted by atomic mass is 35.5. The van der Waals surface area contributed by atoms with E-state index in [4.69, 9.17) is 50.5 Å². The molecular formula is C84H143ClN18O18. The van der Waals surface area contributed by atoms with Gasteiger partial charge in [-0.25, -0.2) is 38.7 Å². The Morgan fingerprint density at radius 2 is 0.678 bits per heavy atom. The van der Waals surface area contributed by atoms with Crippen LogP contribution >= 0.6 is 11.6 Å². The van der Waals surface area contributed by atoms with Gasteiger partial charge in [0.1, 0.15) is 81.8 Å². The second kappa shape index (κ2) is 53.5. The summed E-state index contributed by atoms with van der Waals surface area (Å²) in [7, 11) is 0. The van der Waals surface area contributed by atoms with E-state index in [0.29, 0.717) is 115 Å². The van der Waals surface area contributed by atoms with Gasteiger partial charge in [-0.15, -0.1) is 0 Å². The lowest BCUT2D eigenvalue weighted by Crippen LogP contribution is -2.49. The summed E-state index contributed by atoms with van der Waals surface area (Å²) in [5.41, 5.74) is 2.48. The smallest absolute Gasteiger partial charge is 0.413 e. The summed E-state index contributed by atoms with van der Waals surface area (Å²) in [5, 5.41) is 39.4. The van der Waals surface area contributed by atoms with Crippen LogP contribution in [-0.2, 0) is 54.0 Å². The lowest BCUT2D eigenvalue weighted by molar-refractivity contribution is -0.124. The molecule has 37 heteroatoms. The second-order valence-electron chi connectivity index (χ2n) is 35.2. The molecule has 0 spiro atoms. The van der Waals surface area contributed by atoms with E-state index in [1.54, 1.807) is 132 Å². The maximum absolute atomic E-state index is 14.1. The fourth-order valence-electron chi connectivity index (χ4n) is 11.1. The first-order chi connectivity index (χ1) is 56.2. The van der Waals surface area contributed by atoms with Crippen LogP contribution in [0.3, 0.4) is 0 Å². The minimum absolute atomic E-state index is 0.0492. The summed E-state index contributed by atoms with van der Waals surface area (Å²) >= 11 is 6.07. The molecule has 2 aromatic rings. The number of hydrogen-bond donors (Lipinski definition) is 15. The first-order valence-corrected chi connectivity index (χ1v) is 42.0. The lowest BCUT2D eigenvalue weighted by atomic mass is 10.1. The van der Waals surface area contributed by atoms with Gasteiger partial charge >= 0.3 is 36.6 Å². The molecule has 36 nitrogen and oxygen atoms in total. The maximum atomic E-state index is 14.1. The van der Waals surface area contributed by atoms with E-state index in [-0.39, 0.29) is 92.6 Å². The van der Waals surface area contributed by atoms with Crippen molar-refractivity contribution < 1.29 is 85.9 Å². The van der Waals surface area contributed by atoms with Gasteiger partial charge in [0.2, 0.25) is 23.6 Å². The largest absolute Gasteiger partial charge is 0.492 e. The number of unbranched alkanes of at least 4 members (excludes halogenated alkanes) is 5. The molecule has 16 N–H and O–H groups in total. The molecular weight excluding hydrogens is 1580 g/mol. The van der Waals surface area contributed by atoms with Crippen LogP contribution < -0.4 is 84.9 Å². The number of amides is 11. The molecule has 0 saturated heterocycles. The third-order valence-corrected chi connectivity index (χ3v) is 16.9. The fourth-order valence-corrected chi connectivity index (χ4v) is 11.3. The van der Waals surface area contributed by atoms with Crippen LogP contribution in [0.25, 0.3) is 0 Å². The Bertz CT molecular complexity index is 3500. The van der Waals surface area contributed by atoms with Gasteiger partial charge in [-0.1, -0.05) is 43.5 Å². The molecule has 2 rings (SSSR count). The average Bonchev–Trinajstić information content (AvgIpc) is 0.832. The van der Waals surface area contributed by atoms with Crippen LogP contribution in [-0.4, -0.2) is 211 Å². The van der Waals surface area contributed by atoms with Crippen LogP contribution in [0, 0.1) is 6.92 Å². The molecule has 0 aliphatic heterocycles. The number of carbonyl (C=O) groups is 11. The average molecular weight is 1730 g/mol. The Labute approximate surface area is 721 Å². The lowest BCUT2D eigenvalue weighted by Gasteiger charge is -2.25. The number of anilines is 1. The topological polar surface area (TPSA) is 476 Å². The second-order valence-corrected chi connectivity index (χ2v) is 35.6. The van der Waals surface area contributed by atoms with Crippen molar-refractivity contribution in [2.24, 2.45) is 0 Å². The minimum Gasteiger partial charge on any atom is -0.492 e. The van der Waals surface area contributed by atoms with Crippen molar-refractivity contribution >= 4 is 83.5 Å². The number of nitrogen functional groups attached to an aromatic ring is 1. The van der Waals surface area contributed by atoms with Crippen LogP contribution in [0.4, 0.5) is 34.6 Å². The third-order valence-electron chi connectivity index (χ3n) is 16.5. The van der Waals surface area contributed by atoms with E-state index in [0.717, 1.165) is 24.8 Å². The number of alkyl carbamates (subject to hydrolysis) is 6. The number of nitrogens with one attached hydrogen (secondary N) is 14. The Morgan fingerprint density at radius 1 is 0.388 bits per heavy atom. The first kappa shape index (κ1) is 107. The third kappa shape index (κ3) is 53.9. The van der Waals surface area contributed by atoms with E-state index in [1.165, 1.54) is 0 Å². The predicted octanol–water partition coefficient (Wildman–Crippen LogP) is 10.2. The molecule has 1 aromatic heterocycles. The number of benzene rings is 1. The molecule has 1 heterocycles. The SMILES string of the molecule is C=C(NCCCC[C@H](NC(=O)OC(C)(C)C)C(=O)NCCCC[C@H](NC(=O)OC(C)(C)C)C(=O)NCCCN(CCCNC(=O)[C@H](CCCCNC(=O)[C@H](CCCCNC(=C)NC(=O)OC(C)(C)C)NC(=O)OC(C)(C)C)NC(=O)OC(C)(C)C)CCOc1ccc(CCCCNC(=C)NC(=O)c2nc(Cl)c(C)nc2N)cc1)NC(=O)OC(C)(C)C. The van der Waals surface area contributed by atoms with Crippen molar-refractivity contribution in [1.82, 2.24) is 89.3 Å². The Balaban J connectivity index is 2.24. The molecule has 0 fully saturated rings. The molecule has 4 atom stereocenters. The van der Waals surface area contributed by atoms with E-state index in [9.17, 15) is 52.7 Å². The quantitative estimate of drug-likeness (QED) is 0.0216. The number of ether oxygens (including phenoxy) is 7. The number of aryl methyl sites for hydroxylation is 2. The standard InChI is InChI=1S/C84H143ClN18O18/c1-55-66(85)102-65(67(86)94-55)72(108)95-56(2)87-44-28-23-35-59-40-42-60(43-41-59)115-54-53-103(51-33-49-92-70(106)63(100-77(113)120-83(17,18)19)38-26-31-47-90-68(104)61(98-75(111)118-81(11,12)13)36-24-29-45-88-57(3)96-73(109)116-79(5,6)7)52-34-50-93-71(107)64(101-78(114)121-84(20,21)22)39-27-32-48-91-69(105)62(99-76(112)119-82(14,15)16)37-25-30-46-89-58(4)97-74(110)117-80(8,9)10/h40-43,61-64,87-89H,2-4,23-39,44-54H2,1,5-22H3,(H2,86,94)(H,90,104)(H,91,105)(H,92,106)(H,93,107)(H,95,108)(H,96,109)(H,97,110)(H,98,111)(H,99,112)(H,100,113)(H,101,114)/t61-,62-,63-,64-/m0/s1. The number of halogens is 1. The molecule has 0 aliphatic carbocycles. The van der Waals surface area contributed by atoms with E-state index in [2.05, 4.69) is 109 Å². The number of nitrogens with zero attached hydrogens (tertiary/aromatic N) is 3. The van der Waals surface area contributed by atoms with Gasteiger partial charge < -0.3 is 103 Å². The molecule has 684 valence electrons. The Morgan fingerprint density at radius 3 is 1.00 bits per heavy atom. The van der Waals surface area contributed by atoms with Crippen molar-refractivity contribution in [3.8, 4) is 5.75 Å². The molecule has 0 aliphatic rings. The summed E-state index contributed by atoms with van der Waals surface area (Å²) < 4.78 is 38.8. The summed E-state index contributed by atoms with van der Waals surface area (Å²) in [6, 6.07) is 3.82. The zero-order chi connectivity index (χ0) is 91.3. The first-order valence-electron chi connectivity index (χ1n) is 41.7. The normalized spacial score (nSPS) is 12.7. The minimum atomic E-state index is -1.02. The molecule has 11 amide bonds. The van der Waals surface area contributed by atoms with Gasteiger partial charge in [-0.05, 0) is 271 Å². The van der Waals surface area contributed by atoms with Gasteiger partial charge in [-0.3, -0.25) is 39.5 Å². The van der Waals surface area contributed by atoms with Crippen molar-refractivity contribution in [3.05, 3.63) is 83.6 Å². The van der Waals surface area contributed by atoms with Crippen LogP contribution in [0.2, 0.25) is 5.15 Å². The van der Waals surface area contributed by atoms with Crippen LogP contribution in [0.1, 0.15) is 249 Å². The number of carbonyl (C=O) groups excluding carboxylic acids is 11. The summed E-state index contributed by atoms with van der Waals surface area (Å²) in [6.07, 6.45) is 3.31. The molecule has 0 bridgehead atoms. The van der Waals surface area contributed by atoms with Gasteiger partial charge in [0.25, 0.3) is 5.91 Å². The highest BCUT2D eigenvalue weighted by Crippen LogP contribution is 2.20. The fraction of sp³-hybridized carbons (Fsp3) is 0.679. The molecule has 0 radical (unpaired) electrons. The Hall–Kier alpha value is -10.3. The molecule has 121 heavy (non-hydrogen) atoms. The summed E-state index contributed by atoms with van der Waals surface area (Å²) in [6.45, 7) is 47.8. The van der Waals surface area contributed by atoms with Crippen molar-refractivity contribution in [3.63, 3.8) is 0 Å². The van der Waals surface area contributed by atoms with Crippen LogP contribution in [0.5, 0.6) is 5.75 Å². The predicted molar refractivity (Wildman–Crippen MR) is 464 cm³/mol. The molecule has 1 aromatic carbocycles. The van der Waals surface area contributed by atoms with Gasteiger partial charge in [-0.2, -0.15) is 0 Å². The van der Waals surface area contributed by atoms with E-state index < -0.39 is 124 Å². The summed E-state index contributed by atoms with van der Waals surface area (Å²) in [4.78, 5) is 155. The molecule has 0 unspecified atom stereocenters. The number of hydrogen-bond acceptors (Lipinski definition) is 25.